The van der Waals surface area contributed by atoms with Crippen molar-refractivity contribution in [3.63, 3.8) is 0 Å². The molecule has 2 heterocycles. The third-order valence-electron chi connectivity index (χ3n) is 10.4. The number of aryl methyl sites for hydroxylation is 1. The fourth-order valence-corrected chi connectivity index (χ4v) is 7.32. The molecule has 266 valence electrons. The molecule has 3 aromatic rings. The van der Waals surface area contributed by atoms with Crippen LogP contribution in [-0.2, 0) is 9.53 Å². The van der Waals surface area contributed by atoms with Gasteiger partial charge in [-0.25, -0.2) is 4.79 Å². The molecule has 10 nitrogen and oxygen atoms in total. The number of carbonyl (C=O) groups is 2. The Hall–Kier alpha value is -3.92. The molecule has 49 heavy (non-hydrogen) atoms. The minimum absolute atomic E-state index is 0.0311. The molecule has 5 rings (SSSR count). The van der Waals surface area contributed by atoms with Crippen molar-refractivity contribution in [1.29, 1.82) is 0 Å². The standard InChI is InChI=1S/C39H55N5O5/c1-25(2)44-24-32(23-41-44)31-17-19-40-34(22-31)36(28-9-7-27(8-10-28)30-13-16-35(48-6)26(3)21-30)43-37(45)29-11-14-33(15-12-29)42-38(46)49-20-18-39(4,5)47/h13,16-17,19,21-25,27-29,33,36,47H,7-12,14-15,18,20H2,1-6H3,(H,42,46)(H,43,45). The fourth-order valence-electron chi connectivity index (χ4n) is 7.32. The third-order valence-corrected chi connectivity index (χ3v) is 10.4. The Morgan fingerprint density at radius 1 is 1.02 bits per heavy atom. The highest BCUT2D eigenvalue weighted by molar-refractivity contribution is 5.79. The summed E-state index contributed by atoms with van der Waals surface area (Å²) in [6.45, 7) is 9.85. The summed E-state index contributed by atoms with van der Waals surface area (Å²) in [5.74, 6) is 1.58. The van der Waals surface area contributed by atoms with Crippen molar-refractivity contribution in [2.75, 3.05) is 13.7 Å². The lowest BCUT2D eigenvalue weighted by Gasteiger charge is -2.36. The van der Waals surface area contributed by atoms with Gasteiger partial charge in [0.1, 0.15) is 5.75 Å². The molecule has 0 saturated heterocycles. The van der Waals surface area contributed by atoms with Crippen molar-refractivity contribution < 1.29 is 24.2 Å². The zero-order chi connectivity index (χ0) is 35.1. The second-order valence-corrected chi connectivity index (χ2v) is 15.0. The minimum atomic E-state index is -0.883. The normalized spacial score (nSPS) is 22.0. The van der Waals surface area contributed by atoms with Crippen LogP contribution in [0.25, 0.3) is 11.1 Å². The third kappa shape index (κ3) is 9.84. The lowest BCUT2D eigenvalue weighted by Crippen LogP contribution is -2.43. The van der Waals surface area contributed by atoms with Crippen LogP contribution in [-0.4, -0.2) is 57.2 Å². The van der Waals surface area contributed by atoms with Crippen LogP contribution in [0.2, 0.25) is 0 Å². The van der Waals surface area contributed by atoms with Crippen LogP contribution < -0.4 is 15.4 Å². The molecule has 2 fully saturated rings. The minimum Gasteiger partial charge on any atom is -0.496 e. The molecule has 0 radical (unpaired) electrons. The Labute approximate surface area is 291 Å². The van der Waals surface area contributed by atoms with Crippen LogP contribution in [0.4, 0.5) is 4.79 Å². The van der Waals surface area contributed by atoms with Gasteiger partial charge >= 0.3 is 6.09 Å². The van der Waals surface area contributed by atoms with Crippen LogP contribution in [0, 0.1) is 18.8 Å². The number of alkyl carbamates (subject to hydrolysis) is 1. The number of nitrogens with one attached hydrogen (secondary N) is 2. The maximum atomic E-state index is 13.9. The lowest BCUT2D eigenvalue weighted by atomic mass is 9.74. The summed E-state index contributed by atoms with van der Waals surface area (Å²) in [4.78, 5) is 31.0. The largest absolute Gasteiger partial charge is 0.496 e. The summed E-state index contributed by atoms with van der Waals surface area (Å²) in [6.07, 6.45) is 12.6. The number of rotatable bonds is 12. The Balaban J connectivity index is 1.26. The van der Waals surface area contributed by atoms with E-state index in [0.29, 0.717) is 38.0 Å². The first kappa shape index (κ1) is 36.4. The fraction of sp³-hybridized carbons (Fsp3) is 0.590. The van der Waals surface area contributed by atoms with Gasteiger partial charge < -0.3 is 25.2 Å². The first-order chi connectivity index (χ1) is 23.4. The molecule has 3 N–H and O–H groups in total. The first-order valence-corrected chi connectivity index (χ1v) is 18.0. The topological polar surface area (TPSA) is 128 Å². The Kier molecular flexibility index (Phi) is 12.0. The van der Waals surface area contributed by atoms with E-state index >= 15 is 0 Å². The summed E-state index contributed by atoms with van der Waals surface area (Å²) in [5.41, 5.74) is 4.58. The van der Waals surface area contributed by atoms with Crippen molar-refractivity contribution in [3.8, 4) is 16.9 Å². The molecule has 1 unspecified atom stereocenters. The smallest absolute Gasteiger partial charge is 0.407 e. The number of pyridine rings is 1. The zero-order valence-corrected chi connectivity index (χ0v) is 30.1. The predicted octanol–water partition coefficient (Wildman–Crippen LogP) is 7.42. The van der Waals surface area contributed by atoms with E-state index in [9.17, 15) is 14.7 Å². The number of hydrogen-bond donors (Lipinski definition) is 3. The van der Waals surface area contributed by atoms with Crippen LogP contribution >= 0.6 is 0 Å². The van der Waals surface area contributed by atoms with E-state index in [4.69, 9.17) is 14.5 Å². The van der Waals surface area contributed by atoms with E-state index < -0.39 is 11.7 Å². The summed E-state index contributed by atoms with van der Waals surface area (Å²) in [7, 11) is 1.71. The number of hydrogen-bond acceptors (Lipinski definition) is 7. The molecule has 2 saturated carbocycles. The summed E-state index contributed by atoms with van der Waals surface area (Å²) < 4.78 is 12.7. The average molecular weight is 674 g/mol. The van der Waals surface area contributed by atoms with Gasteiger partial charge in [-0.3, -0.25) is 14.5 Å². The molecule has 1 aromatic carbocycles. The van der Waals surface area contributed by atoms with Gasteiger partial charge in [0, 0.05) is 42.4 Å². The average Bonchev–Trinajstić information content (AvgIpc) is 3.58. The van der Waals surface area contributed by atoms with Gasteiger partial charge in [0.25, 0.3) is 0 Å². The highest BCUT2D eigenvalue weighted by atomic mass is 16.5. The Morgan fingerprint density at radius 2 is 1.76 bits per heavy atom. The van der Waals surface area contributed by atoms with E-state index in [-0.39, 0.29) is 42.5 Å². The van der Waals surface area contributed by atoms with E-state index in [1.807, 2.05) is 23.1 Å². The zero-order valence-electron chi connectivity index (χ0n) is 30.1. The number of carbonyl (C=O) groups excluding carboxylic acids is 2. The van der Waals surface area contributed by atoms with Crippen molar-refractivity contribution in [2.45, 2.75) is 122 Å². The molecule has 10 heteroatoms. The summed E-state index contributed by atoms with van der Waals surface area (Å²) in [6, 6.07) is 10.7. The van der Waals surface area contributed by atoms with Gasteiger partial charge in [-0.05, 0) is 133 Å². The van der Waals surface area contributed by atoms with Crippen molar-refractivity contribution in [3.05, 3.63) is 65.7 Å². The number of nitrogens with zero attached hydrogens (tertiary/aromatic N) is 3. The number of amides is 2. The quantitative estimate of drug-likeness (QED) is 0.183. The van der Waals surface area contributed by atoms with Gasteiger partial charge in [-0.1, -0.05) is 12.1 Å². The monoisotopic (exact) mass is 673 g/mol. The summed E-state index contributed by atoms with van der Waals surface area (Å²) in [5, 5.41) is 20.8. The van der Waals surface area contributed by atoms with Gasteiger partial charge in [0.15, 0.2) is 0 Å². The van der Waals surface area contributed by atoms with E-state index in [1.54, 1.807) is 21.0 Å². The van der Waals surface area contributed by atoms with Crippen LogP contribution in [0.5, 0.6) is 5.75 Å². The van der Waals surface area contributed by atoms with Gasteiger partial charge in [-0.2, -0.15) is 5.10 Å². The molecule has 0 spiro atoms. The molecule has 1 atom stereocenters. The van der Waals surface area contributed by atoms with Crippen LogP contribution in [0.15, 0.2) is 48.9 Å². The van der Waals surface area contributed by atoms with Crippen LogP contribution in [0.3, 0.4) is 0 Å². The number of aliphatic hydroxyl groups is 1. The van der Waals surface area contributed by atoms with Crippen molar-refractivity contribution in [1.82, 2.24) is 25.4 Å². The molecule has 2 amide bonds. The van der Waals surface area contributed by atoms with E-state index in [2.05, 4.69) is 67.0 Å². The maximum absolute atomic E-state index is 13.9. The van der Waals surface area contributed by atoms with Crippen LogP contribution in [0.1, 0.15) is 120 Å². The second-order valence-electron chi connectivity index (χ2n) is 15.0. The summed E-state index contributed by atoms with van der Waals surface area (Å²) >= 11 is 0. The van der Waals surface area contributed by atoms with Crippen molar-refractivity contribution >= 4 is 12.0 Å². The second kappa shape index (κ2) is 16.2. The first-order valence-electron chi connectivity index (χ1n) is 18.0. The molecular weight excluding hydrogens is 618 g/mol. The maximum Gasteiger partial charge on any atom is 0.407 e. The molecule has 2 aromatic heterocycles. The number of aromatic nitrogens is 3. The molecule has 0 aliphatic heterocycles. The molecular formula is C39H55N5O5. The molecule has 2 aliphatic rings. The Morgan fingerprint density at radius 3 is 2.39 bits per heavy atom. The number of methoxy groups -OCH3 is 1. The number of benzene rings is 1. The van der Waals surface area contributed by atoms with E-state index in [0.717, 1.165) is 53.8 Å². The molecule has 2 aliphatic carbocycles. The van der Waals surface area contributed by atoms with Gasteiger partial charge in [0.05, 0.1) is 37.3 Å². The lowest BCUT2D eigenvalue weighted by molar-refractivity contribution is -0.127. The SMILES string of the molecule is COc1ccc(C2CCC(C(NC(=O)C3CCC(NC(=O)OCCC(C)(C)O)CC3)c3cc(-c4cnn(C(C)C)c4)ccn3)CC2)cc1C. The van der Waals surface area contributed by atoms with Gasteiger partial charge in [-0.15, -0.1) is 0 Å². The van der Waals surface area contributed by atoms with E-state index in [1.165, 1.54) is 5.56 Å². The highest BCUT2D eigenvalue weighted by Crippen LogP contribution is 2.42. The van der Waals surface area contributed by atoms with Gasteiger partial charge in [0.2, 0.25) is 5.91 Å². The predicted molar refractivity (Wildman–Crippen MR) is 190 cm³/mol. The Bertz CT molecular complexity index is 1550. The van der Waals surface area contributed by atoms with Crippen molar-refractivity contribution in [2.24, 2.45) is 11.8 Å². The molecule has 0 bridgehead atoms. The number of ether oxygens (including phenoxy) is 2. The highest BCUT2D eigenvalue weighted by Gasteiger charge is 2.34.